The van der Waals surface area contributed by atoms with Gasteiger partial charge in [-0.3, -0.25) is 4.79 Å². The molecule has 3 N–H and O–H groups in total. The van der Waals surface area contributed by atoms with E-state index in [0.29, 0.717) is 11.3 Å². The van der Waals surface area contributed by atoms with Crippen molar-refractivity contribution in [1.82, 2.24) is 19.9 Å². The minimum Gasteiger partial charge on any atom is -0.355 e. The number of rotatable bonds is 4. The van der Waals surface area contributed by atoms with Gasteiger partial charge in [-0.2, -0.15) is 13.2 Å². The molecule has 55 heavy (non-hydrogen) atoms. The maximum atomic E-state index is 13.1. The van der Waals surface area contributed by atoms with Gasteiger partial charge in [0.1, 0.15) is 0 Å². The number of hydrogen-bond acceptors (Lipinski definition) is 3. The van der Waals surface area contributed by atoms with Gasteiger partial charge in [0.15, 0.2) is 0 Å². The summed E-state index contributed by atoms with van der Waals surface area (Å²) in [6.45, 7) is 12.6. The van der Waals surface area contributed by atoms with Crippen LogP contribution in [0.5, 0.6) is 0 Å². The molecular formula is C46H38F3N5O. The Balaban J connectivity index is 1.49. The van der Waals surface area contributed by atoms with E-state index in [1.54, 1.807) is 12.1 Å². The summed E-state index contributed by atoms with van der Waals surface area (Å²) in [5, 5.41) is 1.95. The highest BCUT2D eigenvalue weighted by molar-refractivity contribution is 5.99. The standard InChI is InChI=1S/C46H38F3N5O/c1-24-19-26(3)40(27(4)20-24)43-36-13-11-32(50-36)23-33-12-14-37(51-33)44(41-28(5)21-25(2)22-29(41)6)39-18-16-35(54-39)42(34-15-17-38(43)53-34)30-7-9-31(10-8-30)52-45(55)46(47,48)49/h7-23,50,54H,1-6H3,(H,52,55). The number of carbonyl (C=O) groups excluding carboxylic acids is 1. The van der Waals surface area contributed by atoms with Crippen LogP contribution in [-0.4, -0.2) is 32.0 Å². The van der Waals surface area contributed by atoms with E-state index >= 15 is 0 Å². The summed E-state index contributed by atoms with van der Waals surface area (Å²) >= 11 is 0. The van der Waals surface area contributed by atoms with Gasteiger partial charge in [-0.25, -0.2) is 9.97 Å². The number of aromatic nitrogens is 4. The first-order valence-corrected chi connectivity index (χ1v) is 18.0. The van der Waals surface area contributed by atoms with Crippen LogP contribution in [0.1, 0.15) is 56.2 Å². The van der Waals surface area contributed by atoms with E-state index < -0.39 is 12.1 Å². The van der Waals surface area contributed by atoms with E-state index in [0.717, 1.165) is 89.2 Å². The van der Waals surface area contributed by atoms with Crippen LogP contribution in [0, 0.1) is 41.5 Å². The molecule has 0 radical (unpaired) electrons. The third-order valence-corrected chi connectivity index (χ3v) is 10.1. The third kappa shape index (κ3) is 6.67. The predicted molar refractivity (Wildman–Crippen MR) is 218 cm³/mol. The molecule has 3 aromatic carbocycles. The van der Waals surface area contributed by atoms with E-state index in [1.165, 1.54) is 23.3 Å². The summed E-state index contributed by atoms with van der Waals surface area (Å²) in [4.78, 5) is 29.5. The Hall–Kier alpha value is -6.48. The highest BCUT2D eigenvalue weighted by Gasteiger charge is 2.38. The lowest BCUT2D eigenvalue weighted by Crippen LogP contribution is -2.29. The molecule has 8 bridgehead atoms. The lowest BCUT2D eigenvalue weighted by molar-refractivity contribution is -0.167. The maximum Gasteiger partial charge on any atom is 0.471 e. The Labute approximate surface area is 316 Å². The van der Waals surface area contributed by atoms with Crippen molar-refractivity contribution < 1.29 is 18.0 Å². The second-order valence-electron chi connectivity index (χ2n) is 14.4. The van der Waals surface area contributed by atoms with Crippen LogP contribution in [0.3, 0.4) is 0 Å². The SMILES string of the molecule is Cc1cc(C)c(-c2c3nc(c(-c4ccc(NC(=O)C(F)(F)F)cc4)c4ccc([nH]4)c(-c4c(C)cc(C)cc4C)c4nc(cc5ccc2[nH]5)C=C4)C=C3)c(C)c1. The van der Waals surface area contributed by atoms with E-state index in [2.05, 4.69) is 94.0 Å². The normalized spacial score (nSPS) is 12.4. The van der Waals surface area contributed by atoms with Crippen molar-refractivity contribution >= 4 is 58.0 Å². The van der Waals surface area contributed by atoms with Crippen LogP contribution in [0.25, 0.3) is 79.8 Å². The third-order valence-electron chi connectivity index (χ3n) is 10.1. The second-order valence-corrected chi connectivity index (χ2v) is 14.4. The van der Waals surface area contributed by atoms with Crippen molar-refractivity contribution in [2.75, 3.05) is 5.32 Å². The fourth-order valence-corrected chi connectivity index (χ4v) is 8.04. The van der Waals surface area contributed by atoms with Gasteiger partial charge in [0.25, 0.3) is 0 Å². The van der Waals surface area contributed by atoms with E-state index in [-0.39, 0.29) is 5.69 Å². The number of carbonyl (C=O) groups is 1. The fourth-order valence-electron chi connectivity index (χ4n) is 8.04. The highest BCUT2D eigenvalue weighted by atomic mass is 19.4. The highest BCUT2D eigenvalue weighted by Crippen LogP contribution is 2.39. The van der Waals surface area contributed by atoms with Crippen LogP contribution < -0.4 is 5.32 Å². The summed E-state index contributed by atoms with van der Waals surface area (Å²) < 4.78 is 39.3. The lowest BCUT2D eigenvalue weighted by atomic mass is 9.92. The van der Waals surface area contributed by atoms with E-state index in [1.807, 2.05) is 41.8 Å². The maximum absolute atomic E-state index is 13.1. The zero-order valence-corrected chi connectivity index (χ0v) is 31.3. The Bertz CT molecular complexity index is 2700. The average molecular weight is 734 g/mol. The first-order valence-electron chi connectivity index (χ1n) is 18.0. The molecule has 8 rings (SSSR count). The van der Waals surface area contributed by atoms with Crippen LogP contribution in [0.2, 0.25) is 0 Å². The number of aromatic amines is 2. The average Bonchev–Trinajstić information content (AvgIpc) is 3.94. The number of halogens is 3. The van der Waals surface area contributed by atoms with Gasteiger partial charge >= 0.3 is 12.1 Å². The summed E-state index contributed by atoms with van der Waals surface area (Å²) in [5.74, 6) is -2.03. The monoisotopic (exact) mass is 733 g/mol. The van der Waals surface area contributed by atoms with E-state index in [4.69, 9.17) is 9.97 Å². The number of benzene rings is 3. The molecule has 0 saturated heterocycles. The van der Waals surface area contributed by atoms with Crippen LogP contribution in [0.15, 0.2) is 78.9 Å². The minimum absolute atomic E-state index is 0.0301. The smallest absolute Gasteiger partial charge is 0.355 e. The Morgan fingerprint density at radius 3 is 1.58 bits per heavy atom. The largest absolute Gasteiger partial charge is 0.471 e. The Morgan fingerprint density at radius 1 is 0.545 bits per heavy atom. The fraction of sp³-hybridized carbons (Fsp3) is 0.152. The quantitative estimate of drug-likeness (QED) is 0.168. The summed E-state index contributed by atoms with van der Waals surface area (Å²) in [6.07, 6.45) is 3.04. The van der Waals surface area contributed by atoms with Crippen molar-refractivity contribution in [3.63, 3.8) is 0 Å². The van der Waals surface area contributed by atoms with Gasteiger partial charge in [0, 0.05) is 44.4 Å². The molecule has 0 fully saturated rings. The zero-order valence-electron chi connectivity index (χ0n) is 31.3. The lowest BCUT2D eigenvalue weighted by Gasteiger charge is -2.13. The first-order chi connectivity index (χ1) is 26.2. The number of nitrogens with one attached hydrogen (secondary N) is 3. The van der Waals surface area contributed by atoms with Crippen molar-refractivity contribution in [2.24, 2.45) is 0 Å². The molecule has 0 unspecified atom stereocenters. The van der Waals surface area contributed by atoms with Crippen molar-refractivity contribution in [3.05, 3.63) is 135 Å². The summed E-state index contributed by atoms with van der Waals surface area (Å²) in [7, 11) is 0. The van der Waals surface area contributed by atoms with Gasteiger partial charge < -0.3 is 15.3 Å². The number of alkyl halides is 3. The van der Waals surface area contributed by atoms with Crippen molar-refractivity contribution in [1.29, 1.82) is 0 Å². The molecule has 0 saturated carbocycles. The van der Waals surface area contributed by atoms with Gasteiger partial charge in [-0.1, -0.05) is 47.5 Å². The van der Waals surface area contributed by atoms with Gasteiger partial charge in [0.2, 0.25) is 0 Å². The van der Waals surface area contributed by atoms with Gasteiger partial charge in [0.05, 0.1) is 22.8 Å². The number of aryl methyl sites for hydroxylation is 6. The van der Waals surface area contributed by atoms with E-state index in [9.17, 15) is 18.0 Å². The molecule has 2 aliphatic heterocycles. The molecule has 3 aromatic heterocycles. The Kier molecular flexibility index (Phi) is 8.68. The van der Waals surface area contributed by atoms with Gasteiger partial charge in [-0.05, 0) is 147 Å². The van der Waals surface area contributed by atoms with Crippen LogP contribution >= 0.6 is 0 Å². The van der Waals surface area contributed by atoms with Crippen molar-refractivity contribution in [2.45, 2.75) is 47.7 Å². The molecule has 0 atom stereocenters. The van der Waals surface area contributed by atoms with Crippen LogP contribution in [-0.2, 0) is 4.79 Å². The topological polar surface area (TPSA) is 86.5 Å². The summed E-state index contributed by atoms with van der Waals surface area (Å²) in [5.41, 5.74) is 18.8. The van der Waals surface area contributed by atoms with Crippen LogP contribution in [0.4, 0.5) is 18.9 Å². The summed E-state index contributed by atoms with van der Waals surface area (Å²) in [6, 6.07) is 25.2. The Morgan fingerprint density at radius 2 is 1.02 bits per heavy atom. The first kappa shape index (κ1) is 35.5. The number of nitrogens with zero attached hydrogens (tertiary/aromatic N) is 2. The molecule has 274 valence electrons. The molecule has 0 spiro atoms. The molecule has 6 aromatic rings. The molecule has 9 heteroatoms. The second kappa shape index (κ2) is 13.4. The number of fused-ring (bicyclic) bond motifs is 8. The van der Waals surface area contributed by atoms with Crippen molar-refractivity contribution in [3.8, 4) is 33.4 Å². The molecule has 0 aliphatic carbocycles. The molecule has 6 nitrogen and oxygen atoms in total. The van der Waals surface area contributed by atoms with Gasteiger partial charge in [-0.15, -0.1) is 0 Å². The molecule has 5 heterocycles. The zero-order chi connectivity index (χ0) is 38.8. The number of amides is 1. The molecule has 2 aliphatic rings. The molecule has 1 amide bonds. The number of hydrogen-bond donors (Lipinski definition) is 3. The minimum atomic E-state index is -5.01. The predicted octanol–water partition coefficient (Wildman–Crippen LogP) is 12.0. The number of H-pyrrole nitrogens is 2. The number of anilines is 1. The molecular weight excluding hydrogens is 696 g/mol.